The summed E-state index contributed by atoms with van der Waals surface area (Å²) in [4.78, 5) is 24.5. The lowest BCUT2D eigenvalue weighted by Crippen LogP contribution is -2.08. The minimum atomic E-state index is -1.08. The van der Waals surface area contributed by atoms with Crippen LogP contribution in [0.1, 0.15) is 47.2 Å². The van der Waals surface area contributed by atoms with Crippen LogP contribution >= 0.6 is 0 Å². The number of carboxylic acid groups (broad SMARTS) is 1. The van der Waals surface area contributed by atoms with Crippen LogP contribution in [-0.2, 0) is 22.7 Å². The van der Waals surface area contributed by atoms with Crippen LogP contribution in [0.5, 0.6) is 0 Å². The topological polar surface area (TPSA) is 86.0 Å². The molecule has 156 valence electrons. The van der Waals surface area contributed by atoms with E-state index < -0.39 is 5.97 Å². The monoisotopic (exact) mass is 408 g/mol. The molecule has 1 aromatic heterocycles. The van der Waals surface area contributed by atoms with Gasteiger partial charge < -0.3 is 19.0 Å². The van der Waals surface area contributed by atoms with E-state index in [2.05, 4.69) is 0 Å². The highest BCUT2D eigenvalue weighted by atomic mass is 16.5. The van der Waals surface area contributed by atoms with Crippen molar-refractivity contribution in [3.63, 3.8) is 0 Å². The molecular formula is C24H24O6. The van der Waals surface area contributed by atoms with Crippen LogP contribution in [0, 0.1) is 11.8 Å². The number of carboxylic acids is 1. The van der Waals surface area contributed by atoms with E-state index in [0.29, 0.717) is 48.2 Å². The van der Waals surface area contributed by atoms with Gasteiger partial charge in [-0.3, -0.25) is 4.79 Å². The quantitative estimate of drug-likeness (QED) is 0.525. The Morgan fingerprint density at radius 2 is 1.67 bits per heavy atom. The maximum Gasteiger partial charge on any atom is 0.335 e. The molecule has 6 nitrogen and oxygen atoms in total. The first-order valence-corrected chi connectivity index (χ1v) is 10.5. The van der Waals surface area contributed by atoms with Crippen LogP contribution in [0.25, 0.3) is 21.9 Å². The average Bonchev–Trinajstić information content (AvgIpc) is 3.64. The number of hydrogen-bond donors (Lipinski definition) is 1. The van der Waals surface area contributed by atoms with Crippen molar-refractivity contribution >= 4 is 27.9 Å². The standard InChI is InChI=1S/C24H24O6/c25-22-19-9-17(24(26)27)5-6-21(19)30-23-18(13-29-11-15-3-4-15)7-16(8-20(22)23)12-28-10-14-1-2-14/h5-9,14-15H,1-4,10-13H2,(H,26,27). The number of ether oxygens (including phenoxy) is 2. The molecule has 0 aliphatic heterocycles. The second-order valence-corrected chi connectivity index (χ2v) is 8.50. The zero-order valence-corrected chi connectivity index (χ0v) is 16.7. The second-order valence-electron chi connectivity index (χ2n) is 8.50. The fourth-order valence-corrected chi connectivity index (χ4v) is 3.67. The minimum absolute atomic E-state index is 0.0612. The van der Waals surface area contributed by atoms with Crippen molar-refractivity contribution in [3.05, 3.63) is 57.2 Å². The van der Waals surface area contributed by atoms with Crippen LogP contribution in [0.3, 0.4) is 0 Å². The van der Waals surface area contributed by atoms with Gasteiger partial charge in [0.25, 0.3) is 0 Å². The summed E-state index contributed by atoms with van der Waals surface area (Å²) in [7, 11) is 0. The summed E-state index contributed by atoms with van der Waals surface area (Å²) in [5.74, 6) is 0.228. The summed E-state index contributed by atoms with van der Waals surface area (Å²) in [5.41, 5.74) is 2.41. The van der Waals surface area contributed by atoms with Gasteiger partial charge in [-0.15, -0.1) is 0 Å². The third-order valence-corrected chi connectivity index (χ3v) is 5.78. The first kappa shape index (κ1) is 19.3. The Kier molecular flexibility index (Phi) is 5.05. The SMILES string of the molecule is O=C(O)c1ccc2oc3c(COCC4CC4)cc(COCC4CC4)cc3c(=O)c2c1. The Morgan fingerprint density at radius 1 is 0.967 bits per heavy atom. The van der Waals surface area contributed by atoms with Crippen molar-refractivity contribution in [3.8, 4) is 0 Å². The number of fused-ring (bicyclic) bond motifs is 2. The largest absolute Gasteiger partial charge is 0.478 e. The average molecular weight is 408 g/mol. The van der Waals surface area contributed by atoms with Gasteiger partial charge in [0.2, 0.25) is 5.43 Å². The van der Waals surface area contributed by atoms with Gasteiger partial charge in [0.05, 0.1) is 29.5 Å². The van der Waals surface area contributed by atoms with Crippen LogP contribution < -0.4 is 5.43 Å². The summed E-state index contributed by atoms with van der Waals surface area (Å²) < 4.78 is 17.8. The minimum Gasteiger partial charge on any atom is -0.478 e. The molecule has 0 atom stereocenters. The first-order valence-electron chi connectivity index (χ1n) is 10.5. The third-order valence-electron chi connectivity index (χ3n) is 5.78. The van der Waals surface area contributed by atoms with E-state index in [1.807, 2.05) is 6.07 Å². The van der Waals surface area contributed by atoms with Gasteiger partial charge in [0.1, 0.15) is 11.2 Å². The molecule has 2 aromatic carbocycles. The fraction of sp³-hybridized carbons (Fsp3) is 0.417. The number of carbonyl (C=O) groups is 1. The second kappa shape index (κ2) is 7.85. The fourth-order valence-electron chi connectivity index (χ4n) is 3.67. The smallest absolute Gasteiger partial charge is 0.335 e. The van der Waals surface area contributed by atoms with Crippen LogP contribution in [0.4, 0.5) is 0 Å². The summed E-state index contributed by atoms with van der Waals surface area (Å²) in [6, 6.07) is 8.15. The lowest BCUT2D eigenvalue weighted by molar-refractivity contribution is 0.0697. The Morgan fingerprint density at radius 3 is 2.33 bits per heavy atom. The van der Waals surface area contributed by atoms with Crippen LogP contribution in [0.2, 0.25) is 0 Å². The third kappa shape index (κ3) is 4.11. The van der Waals surface area contributed by atoms with Crippen molar-refractivity contribution in [1.82, 2.24) is 0 Å². The van der Waals surface area contributed by atoms with E-state index >= 15 is 0 Å². The predicted octanol–water partition coefficient (Wildman–Crippen LogP) is 4.50. The lowest BCUT2D eigenvalue weighted by Gasteiger charge is -2.12. The zero-order chi connectivity index (χ0) is 20.7. The van der Waals surface area contributed by atoms with Crippen molar-refractivity contribution in [2.45, 2.75) is 38.9 Å². The van der Waals surface area contributed by atoms with Gasteiger partial charge in [-0.2, -0.15) is 0 Å². The van der Waals surface area contributed by atoms with E-state index in [1.165, 1.54) is 37.8 Å². The van der Waals surface area contributed by atoms with Crippen molar-refractivity contribution < 1.29 is 23.8 Å². The molecule has 0 spiro atoms. The number of benzene rings is 2. The molecule has 2 aliphatic carbocycles. The molecular weight excluding hydrogens is 384 g/mol. The van der Waals surface area contributed by atoms with Crippen molar-refractivity contribution in [2.75, 3.05) is 13.2 Å². The summed E-state index contributed by atoms with van der Waals surface area (Å²) in [6.45, 7) is 2.24. The highest BCUT2D eigenvalue weighted by Crippen LogP contribution is 2.31. The Labute approximate surface area is 173 Å². The molecule has 5 rings (SSSR count). The van der Waals surface area contributed by atoms with Gasteiger partial charge >= 0.3 is 5.97 Å². The highest BCUT2D eigenvalue weighted by molar-refractivity contribution is 5.96. The summed E-state index contributed by atoms with van der Waals surface area (Å²) in [6.07, 6.45) is 4.86. The molecule has 1 N–H and O–H groups in total. The van der Waals surface area contributed by atoms with Gasteiger partial charge in [-0.25, -0.2) is 4.79 Å². The molecule has 0 bridgehead atoms. The molecule has 30 heavy (non-hydrogen) atoms. The molecule has 6 heteroatoms. The molecule has 2 aliphatic rings. The first-order chi connectivity index (χ1) is 14.6. The molecule has 0 radical (unpaired) electrons. The predicted molar refractivity (Wildman–Crippen MR) is 112 cm³/mol. The maximum absolute atomic E-state index is 13.2. The van der Waals surface area contributed by atoms with E-state index in [1.54, 1.807) is 12.1 Å². The van der Waals surface area contributed by atoms with Gasteiger partial charge in [-0.1, -0.05) is 0 Å². The van der Waals surface area contributed by atoms with E-state index in [0.717, 1.165) is 17.7 Å². The van der Waals surface area contributed by atoms with Gasteiger partial charge in [-0.05, 0) is 73.4 Å². The van der Waals surface area contributed by atoms with Gasteiger partial charge in [0.15, 0.2) is 0 Å². The van der Waals surface area contributed by atoms with Crippen molar-refractivity contribution in [1.29, 1.82) is 0 Å². The van der Waals surface area contributed by atoms with E-state index in [4.69, 9.17) is 13.9 Å². The summed E-state index contributed by atoms with van der Waals surface area (Å²) >= 11 is 0. The van der Waals surface area contributed by atoms with Crippen LogP contribution in [0.15, 0.2) is 39.5 Å². The Balaban J connectivity index is 1.55. The molecule has 2 fully saturated rings. The molecule has 0 saturated heterocycles. The molecule has 0 unspecified atom stereocenters. The Hall–Kier alpha value is -2.70. The number of rotatable bonds is 9. The number of hydrogen-bond acceptors (Lipinski definition) is 5. The van der Waals surface area contributed by atoms with Crippen LogP contribution in [-0.4, -0.2) is 24.3 Å². The molecule has 1 heterocycles. The molecule has 0 amide bonds. The number of aromatic carboxylic acids is 1. The molecule has 2 saturated carbocycles. The van der Waals surface area contributed by atoms with E-state index in [-0.39, 0.29) is 16.4 Å². The van der Waals surface area contributed by atoms with Gasteiger partial charge in [0, 0.05) is 18.8 Å². The zero-order valence-electron chi connectivity index (χ0n) is 16.7. The van der Waals surface area contributed by atoms with Crippen molar-refractivity contribution in [2.24, 2.45) is 11.8 Å². The summed E-state index contributed by atoms with van der Waals surface area (Å²) in [5, 5.41) is 9.96. The normalized spacial score (nSPS) is 16.4. The molecule has 3 aromatic rings. The Bertz CT molecular complexity index is 1170. The lowest BCUT2D eigenvalue weighted by atomic mass is 10.0. The highest BCUT2D eigenvalue weighted by Gasteiger charge is 2.23. The van der Waals surface area contributed by atoms with E-state index in [9.17, 15) is 14.7 Å². The maximum atomic E-state index is 13.2.